The lowest BCUT2D eigenvalue weighted by molar-refractivity contribution is -0.157. The molecule has 7 nitrogen and oxygen atoms in total. The van der Waals surface area contributed by atoms with Crippen molar-refractivity contribution in [2.45, 2.75) is 50.8 Å². The summed E-state index contributed by atoms with van der Waals surface area (Å²) in [7, 11) is -2.24. The zero-order chi connectivity index (χ0) is 27.0. The maximum Gasteiger partial charge on any atom is 0.344 e. The molecule has 0 saturated carbocycles. The molecule has 0 bridgehead atoms. The number of carbonyl (C=O) groups excluding carboxylic acids is 1. The Bertz CT molecular complexity index is 1430. The Morgan fingerprint density at radius 2 is 1.78 bits per heavy atom. The van der Waals surface area contributed by atoms with Gasteiger partial charge in [-0.15, -0.1) is 0 Å². The average Bonchev–Trinajstić information content (AvgIpc) is 2.88. The Labute approximate surface area is 223 Å². The molecule has 1 aliphatic heterocycles. The molecule has 1 N–H and O–H groups in total. The lowest BCUT2D eigenvalue weighted by Crippen LogP contribution is -2.27. The highest BCUT2D eigenvalue weighted by Gasteiger charge is 2.34. The third-order valence-corrected chi connectivity index (χ3v) is 8.09. The predicted octanol–water partition coefficient (Wildman–Crippen LogP) is 5.39. The van der Waals surface area contributed by atoms with Gasteiger partial charge in [-0.1, -0.05) is 48.0 Å². The third kappa shape index (κ3) is 5.92. The standard InChI is InChI=1S/C28H31ClN2O5S/c1-18-14-19(10-13-24(18)35-17-26(32)36-28(2,3)4)16-30-27-21-8-6-7-9-23(21)31(5)37(33,34)25-15-20(29)11-12-22(25)27/h6-15,27,30H,16-17H2,1-5H3. The van der Waals surface area contributed by atoms with Crippen molar-refractivity contribution in [1.29, 1.82) is 0 Å². The van der Waals surface area contributed by atoms with E-state index < -0.39 is 21.6 Å². The van der Waals surface area contributed by atoms with Crippen LogP contribution in [0.4, 0.5) is 5.69 Å². The number of nitrogens with one attached hydrogen (secondary N) is 1. The van der Waals surface area contributed by atoms with Crippen LogP contribution in [-0.2, 0) is 26.1 Å². The lowest BCUT2D eigenvalue weighted by atomic mass is 9.96. The SMILES string of the molecule is Cc1cc(CNC2c3ccccc3N(C)S(=O)(=O)c3cc(Cl)ccc32)ccc1OCC(=O)OC(C)(C)C. The zero-order valence-electron chi connectivity index (χ0n) is 21.5. The van der Waals surface area contributed by atoms with Gasteiger partial charge in [0.1, 0.15) is 11.4 Å². The molecule has 1 aliphatic rings. The summed E-state index contributed by atoms with van der Waals surface area (Å²) in [6.45, 7) is 7.64. The molecule has 0 spiro atoms. The summed E-state index contributed by atoms with van der Waals surface area (Å²) in [5.41, 5.74) is 3.38. The van der Waals surface area contributed by atoms with Gasteiger partial charge in [0.25, 0.3) is 10.0 Å². The number of nitrogens with zero attached hydrogens (tertiary/aromatic N) is 1. The molecular weight excluding hydrogens is 512 g/mol. The molecule has 1 heterocycles. The average molecular weight is 543 g/mol. The summed E-state index contributed by atoms with van der Waals surface area (Å²) in [6.07, 6.45) is 0. The molecule has 0 aliphatic carbocycles. The molecule has 0 radical (unpaired) electrons. The number of hydrogen-bond acceptors (Lipinski definition) is 6. The fraction of sp³-hybridized carbons (Fsp3) is 0.321. The second-order valence-electron chi connectivity index (χ2n) is 10.0. The highest BCUT2D eigenvalue weighted by atomic mass is 35.5. The van der Waals surface area contributed by atoms with E-state index in [4.69, 9.17) is 21.1 Å². The molecule has 0 saturated heterocycles. The first-order chi connectivity index (χ1) is 17.4. The van der Waals surface area contributed by atoms with Gasteiger partial charge in [0.15, 0.2) is 6.61 Å². The van der Waals surface area contributed by atoms with E-state index >= 15 is 0 Å². The molecule has 0 amide bonds. The molecule has 9 heteroatoms. The van der Waals surface area contributed by atoms with E-state index in [1.807, 2.05) is 64.1 Å². The van der Waals surface area contributed by atoms with Crippen LogP contribution in [0, 0.1) is 6.92 Å². The van der Waals surface area contributed by atoms with E-state index in [0.29, 0.717) is 28.6 Å². The molecule has 1 unspecified atom stereocenters. The van der Waals surface area contributed by atoms with Crippen molar-refractivity contribution in [2.75, 3.05) is 18.0 Å². The van der Waals surface area contributed by atoms with Crippen molar-refractivity contribution < 1.29 is 22.7 Å². The van der Waals surface area contributed by atoms with Crippen LogP contribution in [0.3, 0.4) is 0 Å². The third-order valence-electron chi connectivity index (χ3n) is 6.03. The van der Waals surface area contributed by atoms with Crippen molar-refractivity contribution in [2.24, 2.45) is 0 Å². The van der Waals surface area contributed by atoms with Crippen LogP contribution in [0.2, 0.25) is 5.02 Å². The highest BCUT2D eigenvalue weighted by Crippen LogP contribution is 2.41. The Morgan fingerprint density at radius 1 is 1.05 bits per heavy atom. The van der Waals surface area contributed by atoms with Crippen LogP contribution in [-0.4, -0.2) is 33.6 Å². The number of para-hydroxylation sites is 1. The van der Waals surface area contributed by atoms with E-state index in [2.05, 4.69) is 5.32 Å². The van der Waals surface area contributed by atoms with Crippen molar-refractivity contribution in [3.8, 4) is 5.75 Å². The summed E-state index contributed by atoms with van der Waals surface area (Å²) in [4.78, 5) is 12.2. The number of esters is 1. The van der Waals surface area contributed by atoms with E-state index in [1.54, 1.807) is 25.2 Å². The van der Waals surface area contributed by atoms with Gasteiger partial charge >= 0.3 is 5.97 Å². The first-order valence-electron chi connectivity index (χ1n) is 11.9. The summed E-state index contributed by atoms with van der Waals surface area (Å²) in [6, 6.07) is 17.8. The molecule has 1 atom stereocenters. The number of hydrogen-bond donors (Lipinski definition) is 1. The Morgan fingerprint density at radius 3 is 2.49 bits per heavy atom. The quantitative estimate of drug-likeness (QED) is 0.421. The van der Waals surface area contributed by atoms with Crippen LogP contribution in [0.25, 0.3) is 0 Å². The first kappa shape index (κ1) is 27.0. The molecule has 0 fully saturated rings. The predicted molar refractivity (Wildman–Crippen MR) is 145 cm³/mol. The number of sulfonamides is 1. The summed E-state index contributed by atoms with van der Waals surface area (Å²) < 4.78 is 39.1. The number of fused-ring (bicyclic) bond motifs is 2. The molecule has 4 rings (SSSR count). The zero-order valence-corrected chi connectivity index (χ0v) is 23.1. The second kappa shape index (κ2) is 10.4. The lowest BCUT2D eigenvalue weighted by Gasteiger charge is -2.22. The minimum atomic E-state index is -3.79. The Balaban J connectivity index is 1.58. The summed E-state index contributed by atoms with van der Waals surface area (Å²) >= 11 is 6.20. The van der Waals surface area contributed by atoms with E-state index in [-0.39, 0.29) is 17.5 Å². The van der Waals surface area contributed by atoms with Gasteiger partial charge in [-0.25, -0.2) is 13.2 Å². The Hall–Kier alpha value is -3.07. The maximum atomic E-state index is 13.4. The van der Waals surface area contributed by atoms with E-state index in [1.165, 1.54) is 10.4 Å². The van der Waals surface area contributed by atoms with Crippen LogP contribution < -0.4 is 14.4 Å². The van der Waals surface area contributed by atoms with Gasteiger partial charge in [0.05, 0.1) is 16.6 Å². The summed E-state index contributed by atoms with van der Waals surface area (Å²) in [5, 5.41) is 3.90. The number of halogens is 1. The van der Waals surface area contributed by atoms with Crippen LogP contribution in [0.1, 0.15) is 49.1 Å². The first-order valence-corrected chi connectivity index (χ1v) is 13.7. The number of benzene rings is 3. The normalized spacial score (nSPS) is 16.4. The fourth-order valence-corrected chi connectivity index (χ4v) is 6.08. The minimum absolute atomic E-state index is 0.171. The van der Waals surface area contributed by atoms with Gasteiger partial charge in [-0.2, -0.15) is 0 Å². The largest absolute Gasteiger partial charge is 0.482 e. The number of anilines is 1. The number of ether oxygens (including phenoxy) is 2. The Kier molecular flexibility index (Phi) is 7.55. The van der Waals surface area contributed by atoms with Gasteiger partial charge in [-0.3, -0.25) is 4.31 Å². The fourth-order valence-electron chi connectivity index (χ4n) is 4.36. The number of carbonyl (C=O) groups is 1. The van der Waals surface area contributed by atoms with Gasteiger partial charge < -0.3 is 14.8 Å². The van der Waals surface area contributed by atoms with Gasteiger partial charge in [-0.05, 0) is 74.2 Å². The molecular formula is C28H31ClN2O5S. The van der Waals surface area contributed by atoms with Gasteiger partial charge in [0.2, 0.25) is 0 Å². The van der Waals surface area contributed by atoms with E-state index in [9.17, 15) is 13.2 Å². The maximum absolute atomic E-state index is 13.4. The topological polar surface area (TPSA) is 84.9 Å². The molecule has 196 valence electrons. The number of rotatable bonds is 6. The molecule has 3 aromatic carbocycles. The minimum Gasteiger partial charge on any atom is -0.482 e. The van der Waals surface area contributed by atoms with Crippen LogP contribution in [0.5, 0.6) is 5.75 Å². The summed E-state index contributed by atoms with van der Waals surface area (Å²) in [5.74, 6) is 0.172. The second-order valence-corrected chi connectivity index (χ2v) is 12.4. The van der Waals surface area contributed by atoms with E-state index in [0.717, 1.165) is 16.7 Å². The van der Waals surface area contributed by atoms with Crippen LogP contribution in [0.15, 0.2) is 65.6 Å². The van der Waals surface area contributed by atoms with Crippen molar-refractivity contribution in [3.05, 3.63) is 87.9 Å². The molecule has 3 aromatic rings. The van der Waals surface area contributed by atoms with Crippen LogP contribution >= 0.6 is 11.6 Å². The van der Waals surface area contributed by atoms with Gasteiger partial charge in [0, 0.05) is 18.6 Å². The highest BCUT2D eigenvalue weighted by molar-refractivity contribution is 7.92. The van der Waals surface area contributed by atoms with Crippen molar-refractivity contribution in [3.63, 3.8) is 0 Å². The van der Waals surface area contributed by atoms with Crippen molar-refractivity contribution >= 4 is 33.3 Å². The molecule has 0 aromatic heterocycles. The van der Waals surface area contributed by atoms with Crippen molar-refractivity contribution in [1.82, 2.24) is 5.32 Å². The number of aryl methyl sites for hydroxylation is 1. The molecule has 37 heavy (non-hydrogen) atoms. The monoisotopic (exact) mass is 542 g/mol. The smallest absolute Gasteiger partial charge is 0.344 e.